The van der Waals surface area contributed by atoms with Gasteiger partial charge in [0.15, 0.2) is 5.78 Å². The third kappa shape index (κ3) is 4.45. The van der Waals surface area contributed by atoms with Crippen LogP contribution in [-0.2, 0) is 6.61 Å². The summed E-state index contributed by atoms with van der Waals surface area (Å²) >= 11 is 0. The maximum Gasteiger partial charge on any atom is 0.407 e. The molecule has 2 aromatic rings. The van der Waals surface area contributed by atoms with Crippen LogP contribution >= 0.6 is 0 Å². The zero-order chi connectivity index (χ0) is 21.3. The van der Waals surface area contributed by atoms with Crippen LogP contribution in [0.1, 0.15) is 60.1 Å². The number of piperidine rings is 1. The molecule has 1 saturated heterocycles. The highest BCUT2D eigenvalue weighted by atomic mass is 19.1. The van der Waals surface area contributed by atoms with Crippen molar-refractivity contribution in [2.24, 2.45) is 5.92 Å². The molecule has 4 rings (SSSR count). The molecule has 1 amide bonds. The van der Waals surface area contributed by atoms with Gasteiger partial charge in [0.25, 0.3) is 0 Å². The molecule has 1 aliphatic heterocycles. The van der Waals surface area contributed by atoms with Crippen molar-refractivity contribution in [1.29, 1.82) is 0 Å². The molecular formula is C23H25FN2O4. The van der Waals surface area contributed by atoms with Gasteiger partial charge in [-0.3, -0.25) is 4.79 Å². The van der Waals surface area contributed by atoms with Gasteiger partial charge < -0.3 is 14.7 Å². The van der Waals surface area contributed by atoms with E-state index in [4.69, 9.17) is 4.74 Å². The molecule has 0 radical (unpaired) electrons. The quantitative estimate of drug-likeness (QED) is 0.700. The number of carbonyl (C=O) groups is 2. The Balaban J connectivity index is 1.39. The van der Waals surface area contributed by atoms with Crippen molar-refractivity contribution >= 4 is 11.9 Å². The molecule has 2 atom stereocenters. The number of pyridine rings is 1. The summed E-state index contributed by atoms with van der Waals surface area (Å²) in [5, 5.41) is 9.23. The van der Waals surface area contributed by atoms with Gasteiger partial charge in [0.1, 0.15) is 12.4 Å². The van der Waals surface area contributed by atoms with Gasteiger partial charge in [-0.15, -0.1) is 0 Å². The number of halogens is 1. The Morgan fingerprint density at radius 3 is 2.70 bits per heavy atom. The van der Waals surface area contributed by atoms with Crippen LogP contribution in [0, 0.1) is 11.7 Å². The van der Waals surface area contributed by atoms with E-state index in [1.807, 2.05) is 19.1 Å². The Kier molecular flexibility index (Phi) is 5.70. The summed E-state index contributed by atoms with van der Waals surface area (Å²) in [6.07, 6.45) is 2.30. The molecule has 0 bridgehead atoms. The third-order valence-electron chi connectivity index (χ3n) is 5.95. The fourth-order valence-electron chi connectivity index (χ4n) is 4.01. The number of likely N-dealkylation sites (tertiary alicyclic amines) is 1. The van der Waals surface area contributed by atoms with E-state index in [0.717, 1.165) is 18.5 Å². The Morgan fingerprint density at radius 1 is 1.23 bits per heavy atom. The second-order valence-corrected chi connectivity index (χ2v) is 8.18. The Hall–Kier alpha value is -2.96. The molecule has 1 N–H and O–H groups in total. The fourth-order valence-corrected chi connectivity index (χ4v) is 4.01. The van der Waals surface area contributed by atoms with E-state index in [2.05, 4.69) is 4.98 Å². The lowest BCUT2D eigenvalue weighted by Gasteiger charge is -2.35. The first-order chi connectivity index (χ1) is 14.4. The number of carbonyl (C=O) groups excluding carboxylic acids is 1. The molecular weight excluding hydrogens is 387 g/mol. The minimum Gasteiger partial charge on any atom is -0.473 e. The highest BCUT2D eigenvalue weighted by molar-refractivity contribution is 5.99. The average Bonchev–Trinajstić information content (AvgIpc) is 3.57. The first kappa shape index (κ1) is 20.3. The molecule has 1 saturated carbocycles. The van der Waals surface area contributed by atoms with Crippen molar-refractivity contribution < 1.29 is 23.8 Å². The van der Waals surface area contributed by atoms with Crippen LogP contribution < -0.4 is 4.74 Å². The van der Waals surface area contributed by atoms with Gasteiger partial charge in [-0.05, 0) is 44.7 Å². The van der Waals surface area contributed by atoms with E-state index in [1.165, 1.54) is 11.0 Å². The van der Waals surface area contributed by atoms with E-state index >= 15 is 0 Å². The third-order valence-corrected chi connectivity index (χ3v) is 5.95. The van der Waals surface area contributed by atoms with Crippen LogP contribution in [-0.4, -0.2) is 39.5 Å². The summed E-state index contributed by atoms with van der Waals surface area (Å²) in [5.41, 5.74) is 1.65. The maximum atomic E-state index is 14.4. The highest BCUT2D eigenvalue weighted by Gasteiger charge is 2.31. The lowest BCUT2D eigenvalue weighted by molar-refractivity contribution is 0.0966. The van der Waals surface area contributed by atoms with Crippen LogP contribution in [0.15, 0.2) is 36.4 Å². The first-order valence-electron chi connectivity index (χ1n) is 10.3. The number of ether oxygens (including phenoxy) is 1. The van der Waals surface area contributed by atoms with E-state index in [1.54, 1.807) is 18.2 Å². The molecule has 1 aromatic carbocycles. The minimum absolute atomic E-state index is 0.0129. The van der Waals surface area contributed by atoms with Gasteiger partial charge in [-0.2, -0.15) is 0 Å². The van der Waals surface area contributed by atoms with Crippen LogP contribution in [0.4, 0.5) is 9.18 Å². The van der Waals surface area contributed by atoms with Gasteiger partial charge in [0.05, 0.1) is 0 Å². The van der Waals surface area contributed by atoms with Crippen molar-refractivity contribution in [2.75, 3.05) is 6.54 Å². The topological polar surface area (TPSA) is 79.7 Å². The number of hydrogen-bond donors (Lipinski definition) is 1. The Morgan fingerprint density at radius 2 is 2.03 bits per heavy atom. The molecule has 7 heteroatoms. The number of amides is 1. The number of Topliss-reactive ketones (excluding diaryl/α,β-unsaturated/α-hetero) is 1. The van der Waals surface area contributed by atoms with Crippen LogP contribution in [0.2, 0.25) is 0 Å². The van der Waals surface area contributed by atoms with E-state index in [9.17, 15) is 19.1 Å². The molecule has 1 aromatic heterocycles. The Bertz CT molecular complexity index is 960. The van der Waals surface area contributed by atoms with Crippen LogP contribution in [0.5, 0.6) is 5.88 Å². The summed E-state index contributed by atoms with van der Waals surface area (Å²) in [5.74, 6) is 0.178. The molecule has 158 valence electrons. The van der Waals surface area contributed by atoms with Crippen molar-refractivity contribution in [3.63, 3.8) is 0 Å². The molecule has 30 heavy (non-hydrogen) atoms. The summed E-state index contributed by atoms with van der Waals surface area (Å²) in [6, 6.07) is 9.96. The molecule has 2 heterocycles. The molecule has 2 fully saturated rings. The zero-order valence-corrected chi connectivity index (χ0v) is 16.9. The molecule has 1 aliphatic carbocycles. The first-order valence-corrected chi connectivity index (χ1v) is 10.3. The number of aromatic nitrogens is 1. The minimum atomic E-state index is -0.891. The monoisotopic (exact) mass is 412 g/mol. The maximum absolute atomic E-state index is 14.4. The van der Waals surface area contributed by atoms with Crippen molar-refractivity contribution in [3.05, 3.63) is 59.0 Å². The number of benzene rings is 1. The lowest BCUT2D eigenvalue weighted by atomic mass is 9.89. The van der Waals surface area contributed by atoms with Gasteiger partial charge >= 0.3 is 6.09 Å². The van der Waals surface area contributed by atoms with Crippen molar-refractivity contribution in [2.45, 2.75) is 51.2 Å². The summed E-state index contributed by atoms with van der Waals surface area (Å²) in [6.45, 7) is 2.40. The molecule has 2 aliphatic rings. The normalized spacial score (nSPS) is 21.3. The Labute approximate surface area is 174 Å². The number of hydrogen-bond acceptors (Lipinski definition) is 4. The smallest absolute Gasteiger partial charge is 0.407 e. The van der Waals surface area contributed by atoms with E-state index < -0.39 is 11.9 Å². The lowest BCUT2D eigenvalue weighted by Crippen LogP contribution is -2.43. The zero-order valence-electron chi connectivity index (χ0n) is 16.9. The predicted molar refractivity (Wildman–Crippen MR) is 108 cm³/mol. The van der Waals surface area contributed by atoms with Gasteiger partial charge in [0, 0.05) is 47.3 Å². The SMILES string of the molecule is CC1CC(c2cccc(OCc3ccc(C(=O)C4CC4)cc3F)n2)CCN1C(=O)O. The highest BCUT2D eigenvalue weighted by Crippen LogP contribution is 2.33. The van der Waals surface area contributed by atoms with Crippen LogP contribution in [0.3, 0.4) is 0 Å². The largest absolute Gasteiger partial charge is 0.473 e. The van der Waals surface area contributed by atoms with Gasteiger partial charge in [-0.25, -0.2) is 14.2 Å². The molecule has 2 unspecified atom stereocenters. The number of nitrogens with zero attached hydrogens (tertiary/aromatic N) is 2. The van der Waals surface area contributed by atoms with E-state index in [-0.39, 0.29) is 30.3 Å². The second kappa shape index (κ2) is 8.42. The summed E-state index contributed by atoms with van der Waals surface area (Å²) < 4.78 is 20.1. The van der Waals surface area contributed by atoms with Crippen molar-refractivity contribution in [1.82, 2.24) is 9.88 Å². The summed E-state index contributed by atoms with van der Waals surface area (Å²) in [7, 11) is 0. The number of rotatable bonds is 6. The predicted octanol–water partition coefficient (Wildman–Crippen LogP) is 4.64. The van der Waals surface area contributed by atoms with Crippen molar-refractivity contribution in [3.8, 4) is 5.88 Å². The summed E-state index contributed by atoms with van der Waals surface area (Å²) in [4.78, 5) is 29.3. The average molecular weight is 412 g/mol. The standard InChI is InChI=1S/C23H25FN2O4/c1-14-11-16(9-10-26(14)23(28)29)20-3-2-4-21(25-20)30-13-18-8-7-17(12-19(18)24)22(27)15-5-6-15/h2-4,7-8,12,14-16H,5-6,9-11,13H2,1H3,(H,28,29). The van der Waals surface area contributed by atoms with Gasteiger partial charge in [-0.1, -0.05) is 18.2 Å². The van der Waals surface area contributed by atoms with Gasteiger partial charge in [0.2, 0.25) is 5.88 Å². The molecule has 6 nitrogen and oxygen atoms in total. The fraction of sp³-hybridized carbons (Fsp3) is 0.435. The second-order valence-electron chi connectivity index (χ2n) is 8.18. The molecule has 0 spiro atoms. The number of ketones is 1. The van der Waals surface area contributed by atoms with E-state index in [0.29, 0.717) is 36.4 Å². The number of carboxylic acid groups (broad SMARTS) is 1. The van der Waals surface area contributed by atoms with Crippen LogP contribution in [0.25, 0.3) is 0 Å².